The van der Waals surface area contributed by atoms with E-state index >= 15 is 0 Å². The number of hydrogen-bond donors (Lipinski definition) is 1. The quantitative estimate of drug-likeness (QED) is 0.700. The first-order valence-electron chi connectivity index (χ1n) is 3.84. The molecule has 0 aliphatic carbocycles. The molecule has 2 rings (SSSR count). The number of nitrogen functional groups attached to an aromatic ring is 1. The van der Waals surface area contributed by atoms with Crippen LogP contribution in [-0.2, 0) is 0 Å². The van der Waals surface area contributed by atoms with Crippen LogP contribution in [0, 0.1) is 0 Å². The molecule has 0 spiro atoms. The van der Waals surface area contributed by atoms with E-state index in [1.807, 2.05) is 12.1 Å². The third-order valence-electron chi connectivity index (χ3n) is 1.59. The summed E-state index contributed by atoms with van der Waals surface area (Å²) < 4.78 is 0. The number of anilines is 1. The van der Waals surface area contributed by atoms with E-state index in [4.69, 9.17) is 5.73 Å². The highest BCUT2D eigenvalue weighted by molar-refractivity contribution is 5.53. The molecule has 4 nitrogen and oxygen atoms in total. The highest BCUT2D eigenvalue weighted by Crippen LogP contribution is 2.11. The first kappa shape index (κ1) is 7.67. The van der Waals surface area contributed by atoms with Gasteiger partial charge in [0.1, 0.15) is 0 Å². The van der Waals surface area contributed by atoms with E-state index in [0.717, 1.165) is 5.56 Å². The minimum Gasteiger partial charge on any atom is -0.396 e. The SMILES string of the molecule is Nc1cnc(-c2cccnc2)nc1. The average Bonchev–Trinajstić information content (AvgIpc) is 2.20. The normalized spacial score (nSPS) is 9.85. The van der Waals surface area contributed by atoms with Crippen molar-refractivity contribution in [3.05, 3.63) is 36.9 Å². The van der Waals surface area contributed by atoms with Gasteiger partial charge in [-0.2, -0.15) is 0 Å². The van der Waals surface area contributed by atoms with Gasteiger partial charge in [0.2, 0.25) is 0 Å². The summed E-state index contributed by atoms with van der Waals surface area (Å²) in [6.07, 6.45) is 6.58. The van der Waals surface area contributed by atoms with Gasteiger partial charge in [-0.15, -0.1) is 0 Å². The lowest BCUT2D eigenvalue weighted by molar-refractivity contribution is 1.17. The molecular weight excluding hydrogens is 164 g/mol. The van der Waals surface area contributed by atoms with Crippen LogP contribution in [0.25, 0.3) is 11.4 Å². The molecule has 0 aliphatic rings. The Balaban J connectivity index is 2.42. The molecule has 0 radical (unpaired) electrons. The Morgan fingerprint density at radius 1 is 1.08 bits per heavy atom. The monoisotopic (exact) mass is 172 g/mol. The first-order valence-corrected chi connectivity index (χ1v) is 3.84. The number of pyridine rings is 1. The maximum atomic E-state index is 5.46. The van der Waals surface area contributed by atoms with Crippen LogP contribution in [0.2, 0.25) is 0 Å². The standard InChI is InChI=1S/C9H8N4/c10-8-5-12-9(13-6-8)7-2-1-3-11-4-7/h1-6H,10H2. The first-order chi connectivity index (χ1) is 6.36. The zero-order valence-electron chi connectivity index (χ0n) is 6.88. The van der Waals surface area contributed by atoms with Gasteiger partial charge in [-0.3, -0.25) is 4.98 Å². The van der Waals surface area contributed by atoms with Crippen LogP contribution in [-0.4, -0.2) is 15.0 Å². The number of aromatic nitrogens is 3. The van der Waals surface area contributed by atoms with Crippen molar-refractivity contribution < 1.29 is 0 Å². The van der Waals surface area contributed by atoms with Crippen LogP contribution in [0.1, 0.15) is 0 Å². The predicted molar refractivity (Wildman–Crippen MR) is 49.7 cm³/mol. The zero-order valence-corrected chi connectivity index (χ0v) is 6.88. The fraction of sp³-hybridized carbons (Fsp3) is 0. The topological polar surface area (TPSA) is 64.7 Å². The van der Waals surface area contributed by atoms with E-state index in [9.17, 15) is 0 Å². The van der Waals surface area contributed by atoms with E-state index in [1.54, 1.807) is 24.8 Å². The molecule has 2 aromatic rings. The summed E-state index contributed by atoms with van der Waals surface area (Å²) in [6, 6.07) is 3.74. The zero-order chi connectivity index (χ0) is 9.10. The summed E-state index contributed by atoms with van der Waals surface area (Å²) in [4.78, 5) is 12.1. The Labute approximate surface area is 75.5 Å². The van der Waals surface area contributed by atoms with Gasteiger partial charge in [-0.05, 0) is 12.1 Å². The van der Waals surface area contributed by atoms with Crippen molar-refractivity contribution in [2.75, 3.05) is 5.73 Å². The van der Waals surface area contributed by atoms with Gasteiger partial charge in [0, 0.05) is 18.0 Å². The second kappa shape index (κ2) is 3.18. The molecule has 2 heterocycles. The number of rotatable bonds is 1. The molecule has 0 fully saturated rings. The fourth-order valence-corrected chi connectivity index (χ4v) is 0.982. The second-order valence-electron chi connectivity index (χ2n) is 2.58. The van der Waals surface area contributed by atoms with E-state index in [2.05, 4.69) is 15.0 Å². The van der Waals surface area contributed by atoms with Gasteiger partial charge in [-0.25, -0.2) is 9.97 Å². The lowest BCUT2D eigenvalue weighted by atomic mass is 10.3. The Bertz CT molecular complexity index is 382. The minimum atomic E-state index is 0.563. The van der Waals surface area contributed by atoms with Gasteiger partial charge < -0.3 is 5.73 Å². The van der Waals surface area contributed by atoms with Crippen LogP contribution >= 0.6 is 0 Å². The Hall–Kier alpha value is -1.97. The van der Waals surface area contributed by atoms with Gasteiger partial charge in [0.05, 0.1) is 18.1 Å². The minimum absolute atomic E-state index is 0.563. The van der Waals surface area contributed by atoms with Gasteiger partial charge in [0.25, 0.3) is 0 Å². The van der Waals surface area contributed by atoms with Gasteiger partial charge >= 0.3 is 0 Å². The number of hydrogen-bond acceptors (Lipinski definition) is 4. The van der Waals surface area contributed by atoms with Gasteiger partial charge in [-0.1, -0.05) is 0 Å². The summed E-state index contributed by atoms with van der Waals surface area (Å²) in [7, 11) is 0. The molecule has 0 saturated heterocycles. The van der Waals surface area contributed by atoms with Gasteiger partial charge in [0.15, 0.2) is 5.82 Å². The third-order valence-corrected chi connectivity index (χ3v) is 1.59. The molecule has 0 amide bonds. The number of nitrogens with two attached hydrogens (primary N) is 1. The van der Waals surface area contributed by atoms with E-state index in [-0.39, 0.29) is 0 Å². The van der Waals surface area contributed by atoms with Crippen molar-refractivity contribution in [2.24, 2.45) is 0 Å². The van der Waals surface area contributed by atoms with Crippen molar-refractivity contribution in [2.45, 2.75) is 0 Å². The van der Waals surface area contributed by atoms with E-state index in [1.165, 1.54) is 0 Å². The molecular formula is C9H8N4. The lowest BCUT2D eigenvalue weighted by Crippen LogP contribution is -1.92. The van der Waals surface area contributed by atoms with Crippen molar-refractivity contribution in [3.63, 3.8) is 0 Å². The molecule has 0 atom stereocenters. The van der Waals surface area contributed by atoms with E-state index in [0.29, 0.717) is 11.5 Å². The van der Waals surface area contributed by atoms with Crippen LogP contribution < -0.4 is 5.73 Å². The van der Waals surface area contributed by atoms with Crippen LogP contribution in [0.4, 0.5) is 5.69 Å². The maximum Gasteiger partial charge on any atom is 0.160 e. The molecule has 0 aliphatic heterocycles. The van der Waals surface area contributed by atoms with Crippen molar-refractivity contribution in [3.8, 4) is 11.4 Å². The largest absolute Gasteiger partial charge is 0.396 e. The molecule has 0 unspecified atom stereocenters. The number of nitrogens with zero attached hydrogens (tertiary/aromatic N) is 3. The van der Waals surface area contributed by atoms with Crippen LogP contribution in [0.5, 0.6) is 0 Å². The summed E-state index contributed by atoms with van der Waals surface area (Å²) in [5, 5.41) is 0. The highest BCUT2D eigenvalue weighted by atomic mass is 14.9. The Morgan fingerprint density at radius 2 is 1.85 bits per heavy atom. The summed E-state index contributed by atoms with van der Waals surface area (Å²) in [5.41, 5.74) is 6.92. The van der Waals surface area contributed by atoms with E-state index < -0.39 is 0 Å². The molecule has 0 saturated carbocycles. The second-order valence-corrected chi connectivity index (χ2v) is 2.58. The molecule has 64 valence electrons. The smallest absolute Gasteiger partial charge is 0.160 e. The Kier molecular flexibility index (Phi) is 1.88. The highest BCUT2D eigenvalue weighted by Gasteiger charge is 1.98. The van der Waals surface area contributed by atoms with Crippen LogP contribution in [0.15, 0.2) is 36.9 Å². The average molecular weight is 172 g/mol. The summed E-state index contributed by atoms with van der Waals surface area (Å²) in [5.74, 6) is 0.641. The molecule has 4 heteroatoms. The van der Waals surface area contributed by atoms with Crippen LogP contribution in [0.3, 0.4) is 0 Å². The summed E-state index contributed by atoms with van der Waals surface area (Å²) in [6.45, 7) is 0. The fourth-order valence-electron chi connectivity index (χ4n) is 0.982. The van der Waals surface area contributed by atoms with Crippen molar-refractivity contribution in [1.82, 2.24) is 15.0 Å². The maximum absolute atomic E-state index is 5.46. The Morgan fingerprint density at radius 3 is 2.46 bits per heavy atom. The molecule has 0 aromatic carbocycles. The summed E-state index contributed by atoms with van der Waals surface area (Å²) >= 11 is 0. The molecule has 2 aromatic heterocycles. The third kappa shape index (κ3) is 1.61. The predicted octanol–water partition coefficient (Wildman–Crippen LogP) is 1.12. The van der Waals surface area contributed by atoms with Crippen molar-refractivity contribution in [1.29, 1.82) is 0 Å². The molecule has 0 bridgehead atoms. The molecule has 13 heavy (non-hydrogen) atoms. The van der Waals surface area contributed by atoms with Crippen molar-refractivity contribution >= 4 is 5.69 Å². The lowest BCUT2D eigenvalue weighted by Gasteiger charge is -1.97. The molecule has 2 N–H and O–H groups in total.